The lowest BCUT2D eigenvalue weighted by molar-refractivity contribution is 0.369. The van der Waals surface area contributed by atoms with Crippen LogP contribution < -0.4 is 10.1 Å². The number of imidazole rings is 1. The van der Waals surface area contributed by atoms with Gasteiger partial charge in [-0.1, -0.05) is 0 Å². The Bertz CT molecular complexity index is 642. The molecule has 1 aromatic heterocycles. The van der Waals surface area contributed by atoms with Gasteiger partial charge in [0.05, 0.1) is 12.8 Å². The van der Waals surface area contributed by atoms with Crippen molar-refractivity contribution in [1.82, 2.24) is 19.8 Å². The Labute approximate surface area is 144 Å². The summed E-state index contributed by atoms with van der Waals surface area (Å²) >= 11 is 0. The van der Waals surface area contributed by atoms with Gasteiger partial charge in [-0.05, 0) is 64.3 Å². The molecule has 0 bridgehead atoms. The molecular weight excluding hydrogens is 300 g/mol. The molecule has 0 atom stereocenters. The summed E-state index contributed by atoms with van der Waals surface area (Å²) in [5.41, 5.74) is 2.21. The molecule has 0 radical (unpaired) electrons. The van der Waals surface area contributed by atoms with Gasteiger partial charge in [0.15, 0.2) is 0 Å². The van der Waals surface area contributed by atoms with Gasteiger partial charge in [-0.15, -0.1) is 0 Å². The fraction of sp³-hybridized carbons (Fsp3) is 0.526. The van der Waals surface area contributed by atoms with Gasteiger partial charge in [0.2, 0.25) is 0 Å². The second-order valence-corrected chi connectivity index (χ2v) is 6.73. The SMILES string of the molecule is COc1ccc(-c2cn(CCN(C)C)c(C3CCNCC3)n2)cc1. The van der Waals surface area contributed by atoms with E-state index >= 15 is 0 Å². The predicted molar refractivity (Wildman–Crippen MR) is 97.6 cm³/mol. The summed E-state index contributed by atoms with van der Waals surface area (Å²) in [4.78, 5) is 7.23. The Morgan fingerprint density at radius 1 is 1.21 bits per heavy atom. The van der Waals surface area contributed by atoms with E-state index in [1.807, 2.05) is 12.1 Å². The van der Waals surface area contributed by atoms with Crippen LogP contribution in [0.3, 0.4) is 0 Å². The minimum absolute atomic E-state index is 0.556. The third-order valence-corrected chi connectivity index (χ3v) is 4.69. The molecule has 0 saturated carbocycles. The Kier molecular flexibility index (Phi) is 5.53. The van der Waals surface area contributed by atoms with Crippen molar-refractivity contribution in [3.8, 4) is 17.0 Å². The number of benzene rings is 1. The fourth-order valence-electron chi connectivity index (χ4n) is 3.22. The van der Waals surface area contributed by atoms with Gasteiger partial charge in [0, 0.05) is 30.8 Å². The molecule has 0 spiro atoms. The molecule has 2 heterocycles. The molecule has 0 amide bonds. The predicted octanol–water partition coefficient (Wildman–Crippen LogP) is 2.59. The number of nitrogens with zero attached hydrogens (tertiary/aromatic N) is 3. The number of hydrogen-bond acceptors (Lipinski definition) is 4. The first kappa shape index (κ1) is 17.0. The van der Waals surface area contributed by atoms with E-state index in [2.05, 4.69) is 47.2 Å². The summed E-state index contributed by atoms with van der Waals surface area (Å²) in [7, 11) is 5.93. The average molecular weight is 328 g/mol. The van der Waals surface area contributed by atoms with E-state index in [9.17, 15) is 0 Å². The van der Waals surface area contributed by atoms with Gasteiger partial charge in [-0.2, -0.15) is 0 Å². The van der Waals surface area contributed by atoms with Crippen LogP contribution in [0.5, 0.6) is 5.75 Å². The number of ether oxygens (including phenoxy) is 1. The van der Waals surface area contributed by atoms with Crippen LogP contribution in [0.1, 0.15) is 24.6 Å². The highest BCUT2D eigenvalue weighted by molar-refractivity contribution is 5.59. The number of aromatic nitrogens is 2. The van der Waals surface area contributed by atoms with Crippen molar-refractivity contribution in [2.75, 3.05) is 40.8 Å². The highest BCUT2D eigenvalue weighted by Gasteiger charge is 2.21. The standard InChI is InChI=1S/C19H28N4O/c1-22(2)12-13-23-14-18(15-4-6-17(24-3)7-5-15)21-19(23)16-8-10-20-11-9-16/h4-7,14,16,20H,8-13H2,1-3H3. The number of likely N-dealkylation sites (N-methyl/N-ethyl adjacent to an activating group) is 1. The topological polar surface area (TPSA) is 42.3 Å². The van der Waals surface area contributed by atoms with Crippen molar-refractivity contribution >= 4 is 0 Å². The summed E-state index contributed by atoms with van der Waals surface area (Å²) < 4.78 is 7.61. The Balaban J connectivity index is 1.88. The van der Waals surface area contributed by atoms with Crippen LogP contribution in [0.4, 0.5) is 0 Å². The highest BCUT2D eigenvalue weighted by atomic mass is 16.5. The van der Waals surface area contributed by atoms with Crippen molar-refractivity contribution in [3.63, 3.8) is 0 Å². The second kappa shape index (κ2) is 7.81. The molecule has 5 heteroatoms. The number of nitrogens with one attached hydrogen (secondary N) is 1. The lowest BCUT2D eigenvalue weighted by atomic mass is 9.97. The van der Waals surface area contributed by atoms with Crippen molar-refractivity contribution in [3.05, 3.63) is 36.3 Å². The van der Waals surface area contributed by atoms with E-state index in [-0.39, 0.29) is 0 Å². The van der Waals surface area contributed by atoms with Gasteiger partial charge in [-0.3, -0.25) is 0 Å². The van der Waals surface area contributed by atoms with Crippen molar-refractivity contribution in [2.24, 2.45) is 0 Å². The summed E-state index contributed by atoms with van der Waals surface area (Å²) in [5.74, 6) is 2.67. The minimum Gasteiger partial charge on any atom is -0.497 e. The maximum Gasteiger partial charge on any atom is 0.118 e. The van der Waals surface area contributed by atoms with Crippen molar-refractivity contribution in [1.29, 1.82) is 0 Å². The molecule has 1 fully saturated rings. The van der Waals surface area contributed by atoms with Gasteiger partial charge in [-0.25, -0.2) is 4.98 Å². The second-order valence-electron chi connectivity index (χ2n) is 6.73. The number of piperidine rings is 1. The Morgan fingerprint density at radius 2 is 1.92 bits per heavy atom. The van der Waals surface area contributed by atoms with E-state index < -0.39 is 0 Å². The largest absolute Gasteiger partial charge is 0.497 e. The lowest BCUT2D eigenvalue weighted by Crippen LogP contribution is -2.28. The van der Waals surface area contributed by atoms with Crippen LogP contribution in [0.2, 0.25) is 0 Å². The maximum atomic E-state index is 5.26. The molecule has 0 unspecified atom stereocenters. The molecule has 1 aliphatic rings. The quantitative estimate of drug-likeness (QED) is 0.885. The Morgan fingerprint density at radius 3 is 2.54 bits per heavy atom. The summed E-state index contributed by atoms with van der Waals surface area (Å²) in [6, 6.07) is 8.17. The van der Waals surface area contributed by atoms with E-state index in [0.29, 0.717) is 5.92 Å². The van der Waals surface area contributed by atoms with Gasteiger partial charge in [0.25, 0.3) is 0 Å². The van der Waals surface area contributed by atoms with Gasteiger partial charge >= 0.3 is 0 Å². The van der Waals surface area contributed by atoms with Crippen LogP contribution >= 0.6 is 0 Å². The zero-order chi connectivity index (χ0) is 16.9. The molecule has 24 heavy (non-hydrogen) atoms. The summed E-state index contributed by atoms with van der Waals surface area (Å²) in [6.07, 6.45) is 4.55. The Hall–Kier alpha value is -1.85. The average Bonchev–Trinajstić information content (AvgIpc) is 3.05. The van der Waals surface area contributed by atoms with Crippen LogP contribution in [-0.4, -0.2) is 55.3 Å². The molecule has 1 N–H and O–H groups in total. The molecule has 1 aromatic carbocycles. The fourth-order valence-corrected chi connectivity index (χ4v) is 3.22. The molecule has 2 aromatic rings. The van der Waals surface area contributed by atoms with Crippen LogP contribution in [-0.2, 0) is 6.54 Å². The van der Waals surface area contributed by atoms with Crippen LogP contribution in [0, 0.1) is 0 Å². The van der Waals surface area contributed by atoms with Gasteiger partial charge < -0.3 is 19.5 Å². The maximum absolute atomic E-state index is 5.26. The van der Waals surface area contributed by atoms with E-state index in [4.69, 9.17) is 9.72 Å². The summed E-state index contributed by atoms with van der Waals surface area (Å²) in [5, 5.41) is 3.45. The first-order chi connectivity index (χ1) is 11.7. The molecule has 1 aliphatic heterocycles. The normalized spacial score (nSPS) is 15.8. The third kappa shape index (κ3) is 3.97. The van der Waals surface area contributed by atoms with Crippen molar-refractivity contribution in [2.45, 2.75) is 25.3 Å². The summed E-state index contributed by atoms with van der Waals surface area (Å²) in [6.45, 7) is 4.18. The number of methoxy groups -OCH3 is 1. The van der Waals surface area contributed by atoms with Crippen LogP contribution in [0.25, 0.3) is 11.3 Å². The highest BCUT2D eigenvalue weighted by Crippen LogP contribution is 2.28. The first-order valence-electron chi connectivity index (χ1n) is 8.74. The molecule has 0 aliphatic carbocycles. The molecule has 1 saturated heterocycles. The number of rotatable bonds is 6. The molecular formula is C19H28N4O. The van der Waals surface area contributed by atoms with E-state index in [0.717, 1.165) is 43.2 Å². The lowest BCUT2D eigenvalue weighted by Gasteiger charge is -2.23. The number of hydrogen-bond donors (Lipinski definition) is 1. The smallest absolute Gasteiger partial charge is 0.118 e. The van der Waals surface area contributed by atoms with Crippen LogP contribution in [0.15, 0.2) is 30.5 Å². The first-order valence-corrected chi connectivity index (χ1v) is 8.74. The molecule has 5 nitrogen and oxygen atoms in total. The zero-order valence-electron chi connectivity index (χ0n) is 15.0. The monoisotopic (exact) mass is 328 g/mol. The van der Waals surface area contributed by atoms with Crippen molar-refractivity contribution < 1.29 is 4.74 Å². The molecule has 3 rings (SSSR count). The third-order valence-electron chi connectivity index (χ3n) is 4.69. The van der Waals surface area contributed by atoms with E-state index in [1.54, 1.807) is 7.11 Å². The molecule has 130 valence electrons. The van der Waals surface area contributed by atoms with E-state index in [1.165, 1.54) is 18.7 Å². The van der Waals surface area contributed by atoms with Gasteiger partial charge in [0.1, 0.15) is 11.6 Å². The minimum atomic E-state index is 0.556. The zero-order valence-corrected chi connectivity index (χ0v) is 15.0.